The summed E-state index contributed by atoms with van der Waals surface area (Å²) in [5.41, 5.74) is 0.790. The van der Waals surface area contributed by atoms with Crippen molar-refractivity contribution in [3.63, 3.8) is 0 Å². The van der Waals surface area contributed by atoms with E-state index in [0.29, 0.717) is 17.0 Å². The smallest absolute Gasteiger partial charge is 0.303 e. The first kappa shape index (κ1) is 30.7. The van der Waals surface area contributed by atoms with E-state index in [1.54, 1.807) is 12.3 Å². The van der Waals surface area contributed by atoms with E-state index in [1.807, 2.05) is 6.92 Å². The number of esters is 4. The second kappa shape index (κ2) is 12.7. The Labute approximate surface area is 243 Å². The van der Waals surface area contributed by atoms with Gasteiger partial charge in [0, 0.05) is 39.1 Å². The lowest BCUT2D eigenvalue weighted by Gasteiger charge is -2.43. The number of aromatic nitrogens is 1. The van der Waals surface area contributed by atoms with Crippen LogP contribution < -0.4 is 10.2 Å². The second-order valence-corrected chi connectivity index (χ2v) is 10.5. The van der Waals surface area contributed by atoms with Gasteiger partial charge in [-0.25, -0.2) is 4.98 Å². The van der Waals surface area contributed by atoms with Crippen LogP contribution in [0.25, 0.3) is 22.2 Å². The summed E-state index contributed by atoms with van der Waals surface area (Å²) in [6.45, 7) is 7.64. The zero-order valence-electron chi connectivity index (χ0n) is 23.7. The molecule has 0 amide bonds. The fraction of sp³-hybridized carbons (Fsp3) is 0.429. The van der Waals surface area contributed by atoms with E-state index >= 15 is 0 Å². The van der Waals surface area contributed by atoms with Crippen LogP contribution in [-0.4, -0.2) is 66.2 Å². The SMILES string of the molecule is CC(=O)OC[C@H]1OC(Oc2ccc3c(=O)c(-c4csc(C)n4)c(C)oc3c2)[C@H](OC(C)=O)[C@@H](OC(C)=O)[C@@H]1OC(C)=O. The van der Waals surface area contributed by atoms with Crippen molar-refractivity contribution in [2.45, 2.75) is 72.2 Å². The summed E-state index contributed by atoms with van der Waals surface area (Å²) in [4.78, 5) is 65.3. The zero-order chi connectivity index (χ0) is 30.7. The number of thiazole rings is 1. The molecule has 0 aliphatic carbocycles. The maximum atomic E-state index is 13.3. The van der Waals surface area contributed by atoms with Gasteiger partial charge in [-0.1, -0.05) is 0 Å². The molecule has 1 aliphatic heterocycles. The Morgan fingerprint density at radius 3 is 2.14 bits per heavy atom. The van der Waals surface area contributed by atoms with Crippen LogP contribution in [0.3, 0.4) is 0 Å². The predicted octanol–water partition coefficient (Wildman–Crippen LogP) is 3.00. The highest BCUT2D eigenvalue weighted by Gasteiger charge is 2.53. The van der Waals surface area contributed by atoms with E-state index < -0.39 is 61.2 Å². The molecule has 0 saturated carbocycles. The molecule has 1 fully saturated rings. The van der Waals surface area contributed by atoms with Crippen molar-refractivity contribution in [3.8, 4) is 17.0 Å². The van der Waals surface area contributed by atoms with Gasteiger partial charge in [0.25, 0.3) is 0 Å². The molecular formula is C28H29NO12S. The average molecular weight is 604 g/mol. The van der Waals surface area contributed by atoms with Gasteiger partial charge in [-0.05, 0) is 26.0 Å². The zero-order valence-corrected chi connectivity index (χ0v) is 24.5. The van der Waals surface area contributed by atoms with Gasteiger partial charge in [0.05, 0.1) is 21.7 Å². The first-order valence-corrected chi connectivity index (χ1v) is 13.7. The summed E-state index contributed by atoms with van der Waals surface area (Å²) in [7, 11) is 0. The lowest BCUT2D eigenvalue weighted by molar-refractivity contribution is -0.288. The van der Waals surface area contributed by atoms with E-state index in [9.17, 15) is 24.0 Å². The Hall–Kier alpha value is -4.30. The highest BCUT2D eigenvalue weighted by Crippen LogP contribution is 2.32. The summed E-state index contributed by atoms with van der Waals surface area (Å²) < 4.78 is 39.2. The molecule has 3 heterocycles. The van der Waals surface area contributed by atoms with E-state index in [4.69, 9.17) is 32.8 Å². The van der Waals surface area contributed by atoms with Crippen LogP contribution in [-0.2, 0) is 42.9 Å². The lowest BCUT2D eigenvalue weighted by Crippen LogP contribution is -2.63. The number of carbonyl (C=O) groups excluding carboxylic acids is 4. The van der Waals surface area contributed by atoms with Gasteiger partial charge < -0.3 is 32.8 Å². The summed E-state index contributed by atoms with van der Waals surface area (Å²) in [5, 5.41) is 2.86. The quantitative estimate of drug-likeness (QED) is 0.273. The van der Waals surface area contributed by atoms with Gasteiger partial charge >= 0.3 is 23.9 Å². The molecule has 5 atom stereocenters. The number of ether oxygens (including phenoxy) is 6. The minimum atomic E-state index is -1.44. The van der Waals surface area contributed by atoms with Gasteiger partial charge in [0.1, 0.15) is 29.8 Å². The van der Waals surface area contributed by atoms with Crippen molar-refractivity contribution in [3.05, 3.63) is 44.6 Å². The topological polar surface area (TPSA) is 167 Å². The number of aryl methyl sites for hydroxylation is 2. The standard InChI is InChI=1S/C28H29NO12S/c1-12-23(20-11-42-13(2)29-20)24(34)19-8-7-18(9-21(19)36-12)40-28-27(39-17(6)33)26(38-16(5)32)25(37-15(4)31)22(41-28)10-35-14(3)30/h7-9,11,22,25-28H,10H2,1-6H3/t22-,25-,26+,27-,28?/m1/s1. The molecule has 2 aromatic heterocycles. The van der Waals surface area contributed by atoms with E-state index in [-0.39, 0.29) is 22.1 Å². The van der Waals surface area contributed by atoms with Crippen molar-refractivity contribution in [1.29, 1.82) is 0 Å². The van der Waals surface area contributed by atoms with Crippen LogP contribution in [0.4, 0.5) is 0 Å². The van der Waals surface area contributed by atoms with Crippen molar-refractivity contribution >= 4 is 46.2 Å². The van der Waals surface area contributed by atoms with Crippen molar-refractivity contribution in [2.75, 3.05) is 6.61 Å². The maximum Gasteiger partial charge on any atom is 0.303 e. The highest BCUT2D eigenvalue weighted by atomic mass is 32.1. The number of fused-ring (bicyclic) bond motifs is 1. The molecule has 4 rings (SSSR count). The van der Waals surface area contributed by atoms with E-state index in [0.717, 1.165) is 25.8 Å². The molecule has 42 heavy (non-hydrogen) atoms. The largest absolute Gasteiger partial charge is 0.463 e. The van der Waals surface area contributed by atoms with Gasteiger partial charge in [0.15, 0.2) is 12.2 Å². The molecular weight excluding hydrogens is 574 g/mol. The van der Waals surface area contributed by atoms with Crippen LogP contribution in [0.1, 0.15) is 38.5 Å². The van der Waals surface area contributed by atoms with Crippen LogP contribution in [0.5, 0.6) is 5.75 Å². The normalized spacial score (nSPS) is 21.8. The molecule has 0 radical (unpaired) electrons. The summed E-state index contributed by atoms with van der Waals surface area (Å²) in [6, 6.07) is 4.44. The highest BCUT2D eigenvalue weighted by molar-refractivity contribution is 7.09. The molecule has 13 nitrogen and oxygen atoms in total. The van der Waals surface area contributed by atoms with Gasteiger partial charge in [-0.3, -0.25) is 24.0 Å². The molecule has 224 valence electrons. The first-order chi connectivity index (χ1) is 19.8. The van der Waals surface area contributed by atoms with Gasteiger partial charge in [-0.15, -0.1) is 11.3 Å². The van der Waals surface area contributed by atoms with Crippen molar-refractivity contribution < 1.29 is 52.0 Å². The summed E-state index contributed by atoms with van der Waals surface area (Å²) in [5.74, 6) is -2.43. The molecule has 1 unspecified atom stereocenters. The minimum Gasteiger partial charge on any atom is -0.463 e. The Bertz CT molecular complexity index is 1580. The molecule has 1 aliphatic rings. The van der Waals surface area contributed by atoms with Gasteiger partial charge in [0.2, 0.25) is 17.8 Å². The third-order valence-corrected chi connectivity index (χ3v) is 6.89. The fourth-order valence-electron chi connectivity index (χ4n) is 4.55. The Morgan fingerprint density at radius 2 is 1.55 bits per heavy atom. The number of nitrogens with zero attached hydrogens (tertiary/aromatic N) is 1. The lowest BCUT2D eigenvalue weighted by atomic mass is 9.98. The molecule has 3 aromatic rings. The predicted molar refractivity (Wildman–Crippen MR) is 146 cm³/mol. The van der Waals surface area contributed by atoms with E-state index in [1.165, 1.54) is 36.5 Å². The average Bonchev–Trinajstić information content (AvgIpc) is 3.31. The van der Waals surface area contributed by atoms with Crippen LogP contribution in [0.15, 0.2) is 32.8 Å². The number of benzene rings is 1. The van der Waals surface area contributed by atoms with Crippen molar-refractivity contribution in [1.82, 2.24) is 4.98 Å². The molecule has 0 spiro atoms. The third kappa shape index (κ3) is 6.94. The second-order valence-electron chi connectivity index (χ2n) is 9.46. The van der Waals surface area contributed by atoms with Crippen LogP contribution >= 0.6 is 11.3 Å². The number of carbonyl (C=O) groups is 4. The third-order valence-electron chi connectivity index (χ3n) is 6.12. The Morgan fingerprint density at radius 1 is 0.905 bits per heavy atom. The van der Waals surface area contributed by atoms with Crippen LogP contribution in [0.2, 0.25) is 0 Å². The maximum absolute atomic E-state index is 13.3. The Kier molecular flexibility index (Phi) is 9.27. The van der Waals surface area contributed by atoms with E-state index in [2.05, 4.69) is 4.98 Å². The van der Waals surface area contributed by atoms with Crippen LogP contribution in [0, 0.1) is 13.8 Å². The first-order valence-electron chi connectivity index (χ1n) is 12.8. The summed E-state index contributed by atoms with van der Waals surface area (Å²) >= 11 is 1.41. The fourth-order valence-corrected chi connectivity index (χ4v) is 5.15. The number of rotatable bonds is 8. The molecule has 1 aromatic carbocycles. The number of hydrogen-bond donors (Lipinski definition) is 0. The molecule has 0 bridgehead atoms. The molecule has 0 N–H and O–H groups in total. The van der Waals surface area contributed by atoms with Crippen molar-refractivity contribution in [2.24, 2.45) is 0 Å². The monoisotopic (exact) mass is 603 g/mol. The molecule has 14 heteroatoms. The number of hydrogen-bond acceptors (Lipinski definition) is 14. The summed E-state index contributed by atoms with van der Waals surface area (Å²) in [6.07, 6.45) is -6.74. The minimum absolute atomic E-state index is 0.142. The van der Waals surface area contributed by atoms with Gasteiger partial charge in [-0.2, -0.15) is 0 Å². The Balaban J connectivity index is 1.73. The molecule has 1 saturated heterocycles.